The molecule has 0 saturated heterocycles. The summed E-state index contributed by atoms with van der Waals surface area (Å²) >= 11 is 0. The molecule has 1 atom stereocenters. The van der Waals surface area contributed by atoms with Crippen LogP contribution in [0.4, 0.5) is 5.69 Å². The van der Waals surface area contributed by atoms with Crippen molar-refractivity contribution in [3.8, 4) is 6.07 Å². The minimum Gasteiger partial charge on any atom is -0.322 e. The third kappa shape index (κ3) is 1.67. The molecule has 2 heterocycles. The number of carbonyl (C=O) groups excluding carboxylic acids is 1. The van der Waals surface area contributed by atoms with E-state index in [2.05, 4.69) is 21.4 Å². The number of nitrogens with zero attached hydrogens (tertiary/aromatic N) is 3. The molecule has 5 heteroatoms. The summed E-state index contributed by atoms with van der Waals surface area (Å²) in [6, 6.07) is 7.94. The lowest BCUT2D eigenvalue weighted by Crippen LogP contribution is -2.48. The number of nitrogens with one attached hydrogen (secondary N) is 1. The Kier molecular flexibility index (Phi) is 2.73. The van der Waals surface area contributed by atoms with Crippen LogP contribution in [0.15, 0.2) is 30.7 Å². The van der Waals surface area contributed by atoms with Gasteiger partial charge in [-0.3, -0.25) is 4.79 Å². The van der Waals surface area contributed by atoms with Gasteiger partial charge in [-0.05, 0) is 36.5 Å². The predicted octanol–water partition coefficient (Wildman–Crippen LogP) is 2.12. The van der Waals surface area contributed by atoms with Crippen molar-refractivity contribution in [1.82, 2.24) is 9.97 Å². The molecule has 0 radical (unpaired) electrons. The first-order valence-electron chi connectivity index (χ1n) is 7.37. The highest BCUT2D eigenvalue weighted by molar-refractivity contribution is 6.02. The zero-order chi connectivity index (χ0) is 15.2. The summed E-state index contributed by atoms with van der Waals surface area (Å²) in [6.07, 6.45) is 6.26. The highest BCUT2D eigenvalue weighted by Crippen LogP contribution is 2.44. The van der Waals surface area contributed by atoms with Crippen molar-refractivity contribution in [3.63, 3.8) is 0 Å². The van der Waals surface area contributed by atoms with Crippen LogP contribution >= 0.6 is 0 Å². The standard InChI is InChI=1S/C17H14N4O/c18-8-11-3-1-5-13-12(11)4-2-6-17(13)7-14-15(21-16(17)22)9-19-10-20-14/h1,3,5,9-10H,2,4,6-7H2,(H,21,22). The second-order valence-corrected chi connectivity index (χ2v) is 5.89. The number of nitriles is 1. The van der Waals surface area contributed by atoms with Crippen molar-refractivity contribution in [3.05, 3.63) is 53.1 Å². The van der Waals surface area contributed by atoms with Gasteiger partial charge in [0.05, 0.1) is 34.6 Å². The monoisotopic (exact) mass is 290 g/mol. The van der Waals surface area contributed by atoms with E-state index in [4.69, 9.17) is 0 Å². The fourth-order valence-corrected chi connectivity index (χ4v) is 3.74. The second kappa shape index (κ2) is 4.63. The summed E-state index contributed by atoms with van der Waals surface area (Å²) in [5.41, 5.74) is 3.63. The number of fused-ring (bicyclic) bond motifs is 3. The minimum atomic E-state index is -0.609. The lowest BCUT2D eigenvalue weighted by atomic mass is 9.65. The molecule has 2 aromatic rings. The van der Waals surface area contributed by atoms with Crippen LogP contribution in [-0.4, -0.2) is 15.9 Å². The van der Waals surface area contributed by atoms with Crippen molar-refractivity contribution in [2.75, 3.05) is 5.32 Å². The van der Waals surface area contributed by atoms with Gasteiger partial charge < -0.3 is 5.32 Å². The first-order valence-corrected chi connectivity index (χ1v) is 7.37. The van der Waals surface area contributed by atoms with Gasteiger partial charge in [-0.1, -0.05) is 12.1 Å². The van der Waals surface area contributed by atoms with Gasteiger partial charge in [-0.15, -0.1) is 0 Å². The van der Waals surface area contributed by atoms with E-state index in [1.807, 2.05) is 18.2 Å². The number of aromatic nitrogens is 2. The average molecular weight is 290 g/mol. The molecule has 1 aromatic heterocycles. The summed E-state index contributed by atoms with van der Waals surface area (Å²) in [5, 5.41) is 12.3. The van der Waals surface area contributed by atoms with Crippen molar-refractivity contribution in [2.45, 2.75) is 31.1 Å². The molecule has 22 heavy (non-hydrogen) atoms. The van der Waals surface area contributed by atoms with Gasteiger partial charge in [0.15, 0.2) is 0 Å². The predicted molar refractivity (Wildman–Crippen MR) is 80.1 cm³/mol. The zero-order valence-electron chi connectivity index (χ0n) is 12.0. The van der Waals surface area contributed by atoms with E-state index in [0.29, 0.717) is 17.7 Å². The molecule has 4 rings (SSSR count). The van der Waals surface area contributed by atoms with E-state index in [-0.39, 0.29) is 5.91 Å². The summed E-state index contributed by atoms with van der Waals surface area (Å²) in [7, 11) is 0. The van der Waals surface area contributed by atoms with E-state index < -0.39 is 5.41 Å². The van der Waals surface area contributed by atoms with Crippen LogP contribution in [0.25, 0.3) is 0 Å². The van der Waals surface area contributed by atoms with Crippen LogP contribution in [0, 0.1) is 11.3 Å². The van der Waals surface area contributed by atoms with Gasteiger partial charge >= 0.3 is 0 Å². The highest BCUT2D eigenvalue weighted by Gasteiger charge is 2.47. The van der Waals surface area contributed by atoms with E-state index in [1.165, 1.54) is 6.33 Å². The molecule has 0 bridgehead atoms. The first kappa shape index (κ1) is 13.0. The van der Waals surface area contributed by atoms with Crippen LogP contribution in [0.3, 0.4) is 0 Å². The molecule has 2 aliphatic rings. The maximum atomic E-state index is 12.8. The molecule has 5 nitrogen and oxygen atoms in total. The van der Waals surface area contributed by atoms with Gasteiger partial charge in [0, 0.05) is 6.42 Å². The molecular weight excluding hydrogens is 276 g/mol. The number of benzene rings is 1. The van der Waals surface area contributed by atoms with Crippen molar-refractivity contribution in [2.24, 2.45) is 0 Å². The number of hydrogen-bond donors (Lipinski definition) is 1. The largest absolute Gasteiger partial charge is 0.322 e. The second-order valence-electron chi connectivity index (χ2n) is 5.89. The first-order chi connectivity index (χ1) is 10.7. The van der Waals surface area contributed by atoms with Crippen molar-refractivity contribution in [1.29, 1.82) is 5.26 Å². The van der Waals surface area contributed by atoms with E-state index in [1.54, 1.807) is 6.20 Å². The Morgan fingerprint density at radius 3 is 3.14 bits per heavy atom. The summed E-state index contributed by atoms with van der Waals surface area (Å²) in [4.78, 5) is 21.1. The lowest BCUT2D eigenvalue weighted by Gasteiger charge is -2.40. The topological polar surface area (TPSA) is 78.7 Å². The van der Waals surface area contributed by atoms with E-state index >= 15 is 0 Å². The van der Waals surface area contributed by atoms with Crippen molar-refractivity contribution >= 4 is 11.6 Å². The molecule has 1 aliphatic heterocycles. The average Bonchev–Trinajstić information content (AvgIpc) is 2.56. The highest BCUT2D eigenvalue weighted by atomic mass is 16.2. The molecule has 0 saturated carbocycles. The Morgan fingerprint density at radius 1 is 1.36 bits per heavy atom. The fraction of sp³-hybridized carbons (Fsp3) is 0.294. The Hall–Kier alpha value is -2.74. The van der Waals surface area contributed by atoms with Gasteiger partial charge in [0.25, 0.3) is 0 Å². The third-order valence-electron chi connectivity index (χ3n) is 4.79. The quantitative estimate of drug-likeness (QED) is 0.806. The maximum absolute atomic E-state index is 12.8. The van der Waals surface area contributed by atoms with Crippen LogP contribution in [-0.2, 0) is 23.1 Å². The van der Waals surface area contributed by atoms with Gasteiger partial charge in [0.2, 0.25) is 5.91 Å². The molecule has 1 amide bonds. The SMILES string of the molecule is N#Cc1cccc2c1CCCC21Cc2ncncc2NC1=O. The normalized spacial score (nSPS) is 22.4. The van der Waals surface area contributed by atoms with E-state index in [0.717, 1.165) is 36.1 Å². The van der Waals surface area contributed by atoms with Crippen LogP contribution in [0.1, 0.15) is 35.2 Å². The summed E-state index contributed by atoms with van der Waals surface area (Å²) in [5.74, 6) is -0.00848. The molecule has 1 spiro atoms. The molecule has 1 aromatic carbocycles. The molecule has 108 valence electrons. The Labute approximate surface area is 128 Å². The molecule has 0 fully saturated rings. The Bertz CT molecular complexity index is 824. The van der Waals surface area contributed by atoms with Gasteiger partial charge in [0.1, 0.15) is 6.33 Å². The number of hydrogen-bond acceptors (Lipinski definition) is 4. The number of carbonyl (C=O) groups is 1. The molecule has 1 aliphatic carbocycles. The summed E-state index contributed by atoms with van der Waals surface area (Å²) in [6.45, 7) is 0. The van der Waals surface area contributed by atoms with Crippen LogP contribution in [0.2, 0.25) is 0 Å². The third-order valence-corrected chi connectivity index (χ3v) is 4.79. The molecule has 1 N–H and O–H groups in total. The minimum absolute atomic E-state index is 0.00848. The van der Waals surface area contributed by atoms with Crippen LogP contribution < -0.4 is 5.32 Å². The summed E-state index contributed by atoms with van der Waals surface area (Å²) < 4.78 is 0. The number of amides is 1. The van der Waals surface area contributed by atoms with Crippen LogP contribution in [0.5, 0.6) is 0 Å². The molecular formula is C17H14N4O. The zero-order valence-corrected chi connectivity index (χ0v) is 12.0. The lowest BCUT2D eigenvalue weighted by molar-refractivity contribution is -0.122. The van der Waals surface area contributed by atoms with Gasteiger partial charge in [-0.25, -0.2) is 9.97 Å². The Morgan fingerprint density at radius 2 is 2.27 bits per heavy atom. The Balaban J connectivity index is 1.91. The number of rotatable bonds is 0. The fourth-order valence-electron chi connectivity index (χ4n) is 3.74. The van der Waals surface area contributed by atoms with Crippen molar-refractivity contribution < 1.29 is 4.79 Å². The van der Waals surface area contributed by atoms with Gasteiger partial charge in [-0.2, -0.15) is 5.26 Å². The molecule has 1 unspecified atom stereocenters. The van der Waals surface area contributed by atoms with E-state index in [9.17, 15) is 10.1 Å². The number of anilines is 1. The smallest absolute Gasteiger partial charge is 0.235 e. The maximum Gasteiger partial charge on any atom is 0.235 e.